The highest BCUT2D eigenvalue weighted by Gasteiger charge is 2.44. The highest BCUT2D eigenvalue weighted by atomic mass is 16.7. The molecule has 5 nitrogen and oxygen atoms in total. The number of benzene rings is 1. The van der Waals surface area contributed by atoms with Crippen molar-refractivity contribution in [3.05, 3.63) is 40.4 Å². The van der Waals surface area contributed by atoms with Gasteiger partial charge in [-0.1, -0.05) is 18.2 Å². The fourth-order valence-corrected chi connectivity index (χ4v) is 1.10. The summed E-state index contributed by atoms with van der Waals surface area (Å²) in [4.78, 5) is 9.59. The lowest BCUT2D eigenvalue weighted by Crippen LogP contribution is -2.41. The summed E-state index contributed by atoms with van der Waals surface area (Å²) in [6.45, 7) is 8.04. The van der Waals surface area contributed by atoms with Crippen molar-refractivity contribution in [2.75, 3.05) is 0 Å². The molecule has 0 spiro atoms. The summed E-state index contributed by atoms with van der Waals surface area (Å²) >= 11 is 0. The average Bonchev–Trinajstić information content (AvgIpc) is 2.53. The Morgan fingerprint density at radius 2 is 1.50 bits per heavy atom. The molecule has 1 aliphatic heterocycles. The van der Waals surface area contributed by atoms with Gasteiger partial charge in [-0.05, 0) is 27.7 Å². The van der Waals surface area contributed by atoms with Crippen LogP contribution in [0.1, 0.15) is 27.7 Å². The van der Waals surface area contributed by atoms with Crippen LogP contribution in [0.4, 0.5) is 5.69 Å². The smallest absolute Gasteiger partial charge is 0.405 e. The van der Waals surface area contributed by atoms with Gasteiger partial charge in [-0.15, -0.1) is 0 Å². The minimum Gasteiger partial charge on any atom is -0.405 e. The zero-order valence-corrected chi connectivity index (χ0v) is 11.0. The molecule has 0 aromatic heterocycles. The number of non-ortho nitro benzene ring substituents is 1. The van der Waals surface area contributed by atoms with E-state index in [-0.39, 0.29) is 16.9 Å². The molecular formula is C12H17BNO4. The summed E-state index contributed by atoms with van der Waals surface area (Å²) in [5.74, 6) is 0. The van der Waals surface area contributed by atoms with Crippen LogP contribution in [0.2, 0.25) is 0 Å². The number of hydrogen-bond donors (Lipinski definition) is 0. The molecular weight excluding hydrogens is 233 g/mol. The van der Waals surface area contributed by atoms with Crippen LogP contribution >= 0.6 is 0 Å². The van der Waals surface area contributed by atoms with Crippen LogP contribution < -0.4 is 0 Å². The predicted octanol–water partition coefficient (Wildman–Crippen LogP) is 2.72. The number of para-hydroxylation sites is 1. The van der Waals surface area contributed by atoms with Crippen molar-refractivity contribution in [1.29, 1.82) is 0 Å². The van der Waals surface area contributed by atoms with Crippen molar-refractivity contribution in [2.24, 2.45) is 0 Å². The highest BCUT2D eigenvalue weighted by Crippen LogP contribution is 2.33. The maximum absolute atomic E-state index is 10.0. The maximum atomic E-state index is 10.0. The molecule has 0 saturated carbocycles. The van der Waals surface area contributed by atoms with Crippen LogP contribution in [-0.4, -0.2) is 23.8 Å². The van der Waals surface area contributed by atoms with Gasteiger partial charge in [-0.3, -0.25) is 10.1 Å². The number of nitro benzene ring substituents is 1. The van der Waals surface area contributed by atoms with Gasteiger partial charge in [0.1, 0.15) is 0 Å². The first kappa shape index (κ1) is 14.7. The molecule has 1 saturated heterocycles. The molecule has 0 bridgehead atoms. The van der Waals surface area contributed by atoms with Crippen LogP contribution in [0, 0.1) is 10.1 Å². The van der Waals surface area contributed by atoms with E-state index in [1.54, 1.807) is 18.2 Å². The van der Waals surface area contributed by atoms with Crippen molar-refractivity contribution in [1.82, 2.24) is 0 Å². The minimum absolute atomic E-state index is 0.137. The van der Waals surface area contributed by atoms with Gasteiger partial charge >= 0.3 is 7.69 Å². The Hall–Kier alpha value is -1.40. The van der Waals surface area contributed by atoms with Gasteiger partial charge in [-0.25, -0.2) is 0 Å². The Balaban J connectivity index is 0.000000180. The fourth-order valence-electron chi connectivity index (χ4n) is 1.10. The van der Waals surface area contributed by atoms with Crippen LogP contribution in [0.25, 0.3) is 0 Å². The van der Waals surface area contributed by atoms with Gasteiger partial charge in [0.25, 0.3) is 5.69 Å². The Labute approximate surface area is 108 Å². The van der Waals surface area contributed by atoms with Gasteiger partial charge in [0.15, 0.2) is 0 Å². The van der Waals surface area contributed by atoms with E-state index >= 15 is 0 Å². The predicted molar refractivity (Wildman–Crippen MR) is 69.2 cm³/mol. The normalized spacial score (nSPS) is 19.3. The molecule has 1 fully saturated rings. The molecule has 18 heavy (non-hydrogen) atoms. The third-order valence-corrected chi connectivity index (χ3v) is 3.10. The topological polar surface area (TPSA) is 61.6 Å². The number of rotatable bonds is 1. The van der Waals surface area contributed by atoms with Gasteiger partial charge < -0.3 is 9.31 Å². The molecule has 0 aliphatic carbocycles. The summed E-state index contributed by atoms with van der Waals surface area (Å²) in [7, 11) is 1.42. The molecule has 0 N–H and O–H groups in total. The molecule has 1 aromatic carbocycles. The molecule has 1 aromatic rings. The summed E-state index contributed by atoms with van der Waals surface area (Å²) in [5, 5.41) is 10.0. The lowest BCUT2D eigenvalue weighted by molar-refractivity contribution is -0.384. The van der Waals surface area contributed by atoms with E-state index in [9.17, 15) is 10.1 Å². The van der Waals surface area contributed by atoms with Crippen LogP contribution in [0.5, 0.6) is 0 Å². The van der Waals surface area contributed by atoms with E-state index in [0.29, 0.717) is 0 Å². The Morgan fingerprint density at radius 3 is 1.72 bits per heavy atom. The van der Waals surface area contributed by atoms with E-state index in [1.807, 2.05) is 27.7 Å². The summed E-state index contributed by atoms with van der Waals surface area (Å²) in [6.07, 6.45) is 0. The van der Waals surface area contributed by atoms with E-state index in [1.165, 1.54) is 19.8 Å². The van der Waals surface area contributed by atoms with E-state index in [0.717, 1.165) is 0 Å². The summed E-state index contributed by atoms with van der Waals surface area (Å²) in [6, 6.07) is 7.93. The summed E-state index contributed by atoms with van der Waals surface area (Å²) in [5.41, 5.74) is -0.238. The zero-order chi connectivity index (χ0) is 13.8. The molecule has 0 atom stereocenters. The number of nitro groups is 1. The van der Waals surface area contributed by atoms with E-state index in [4.69, 9.17) is 9.31 Å². The Morgan fingerprint density at radius 1 is 1.06 bits per heavy atom. The number of hydrogen-bond acceptors (Lipinski definition) is 4. The lowest BCUT2D eigenvalue weighted by Gasteiger charge is -2.32. The van der Waals surface area contributed by atoms with Crippen LogP contribution in [-0.2, 0) is 9.31 Å². The van der Waals surface area contributed by atoms with Gasteiger partial charge in [0.2, 0.25) is 0 Å². The SMILES string of the molecule is CC1(C)O[B]OC1(C)C.O=[N+]([O-])c1ccccc1. The van der Waals surface area contributed by atoms with Crippen molar-refractivity contribution in [2.45, 2.75) is 38.9 Å². The second-order valence-electron chi connectivity index (χ2n) is 4.95. The standard InChI is InChI=1S/C6H12BO2.C6H5NO2/c1-5(2)6(3,4)9-7-8-5;8-7(9)6-4-2-1-3-5-6/h1-4H3;1-5H. The molecule has 6 heteroatoms. The average molecular weight is 250 g/mol. The molecule has 1 heterocycles. The third kappa shape index (κ3) is 3.55. The van der Waals surface area contributed by atoms with Gasteiger partial charge in [-0.2, -0.15) is 0 Å². The second-order valence-corrected chi connectivity index (χ2v) is 4.95. The molecule has 1 aliphatic rings. The molecule has 0 amide bonds. The van der Waals surface area contributed by atoms with Crippen molar-refractivity contribution in [3.63, 3.8) is 0 Å². The van der Waals surface area contributed by atoms with Crippen molar-refractivity contribution in [3.8, 4) is 0 Å². The number of nitrogens with zero attached hydrogens (tertiary/aromatic N) is 1. The molecule has 97 valence electrons. The zero-order valence-electron chi connectivity index (χ0n) is 11.0. The van der Waals surface area contributed by atoms with E-state index in [2.05, 4.69) is 0 Å². The molecule has 2 rings (SSSR count). The molecule has 0 unspecified atom stereocenters. The van der Waals surface area contributed by atoms with Crippen LogP contribution in [0.15, 0.2) is 30.3 Å². The quantitative estimate of drug-likeness (QED) is 0.436. The first-order chi connectivity index (χ1) is 8.26. The Bertz CT molecular complexity index is 392. The first-order valence-corrected chi connectivity index (χ1v) is 5.63. The van der Waals surface area contributed by atoms with Gasteiger partial charge in [0.05, 0.1) is 16.1 Å². The van der Waals surface area contributed by atoms with Crippen LogP contribution in [0.3, 0.4) is 0 Å². The fraction of sp³-hybridized carbons (Fsp3) is 0.500. The largest absolute Gasteiger partial charge is 0.488 e. The maximum Gasteiger partial charge on any atom is 0.488 e. The Kier molecular flexibility index (Phi) is 4.48. The third-order valence-electron chi connectivity index (χ3n) is 3.10. The minimum atomic E-state index is -0.417. The van der Waals surface area contributed by atoms with E-state index < -0.39 is 4.92 Å². The van der Waals surface area contributed by atoms with Crippen molar-refractivity contribution < 1.29 is 14.2 Å². The first-order valence-electron chi connectivity index (χ1n) is 5.63. The highest BCUT2D eigenvalue weighted by molar-refractivity contribution is 6.19. The molecule has 1 radical (unpaired) electrons. The second kappa shape index (κ2) is 5.50. The lowest BCUT2D eigenvalue weighted by atomic mass is 9.90. The van der Waals surface area contributed by atoms with Gasteiger partial charge in [0, 0.05) is 12.1 Å². The summed E-state index contributed by atoms with van der Waals surface area (Å²) < 4.78 is 10.4. The monoisotopic (exact) mass is 250 g/mol. The van der Waals surface area contributed by atoms with Crippen molar-refractivity contribution >= 4 is 13.4 Å².